The van der Waals surface area contributed by atoms with Gasteiger partial charge in [0, 0.05) is 22.3 Å². The standard InChI is InChI=1S/C40H23NO2/c42-39-37-32(24-12-3-1-4-13-24)35-30-20-10-19-29-28(27-18-9-16-23-11-7-8-17-26(23)27)21-22-31(34(29)30)36(35)33(38(37)40(43)41-39)25-14-5-2-6-15-25/h1-22H,(H,41,42,43)/p-1. The van der Waals surface area contributed by atoms with Crippen LogP contribution in [0.25, 0.3) is 82.5 Å². The lowest BCUT2D eigenvalue weighted by atomic mass is 9.81. The van der Waals surface area contributed by atoms with Gasteiger partial charge in [-0.15, -0.1) is 0 Å². The Hall–Kier alpha value is -5.80. The molecule has 2 aliphatic rings. The van der Waals surface area contributed by atoms with Gasteiger partial charge >= 0.3 is 0 Å². The minimum Gasteiger partial charge on any atom is -0.587 e. The van der Waals surface area contributed by atoms with E-state index in [2.05, 4.69) is 78.1 Å². The zero-order valence-corrected chi connectivity index (χ0v) is 23.0. The summed E-state index contributed by atoms with van der Waals surface area (Å²) in [5.74, 6) is -0.947. The van der Waals surface area contributed by atoms with Crippen molar-refractivity contribution in [2.24, 2.45) is 0 Å². The third-order valence-corrected chi connectivity index (χ3v) is 8.91. The number of hydrogen-bond acceptors (Lipinski definition) is 2. The molecule has 0 spiro atoms. The van der Waals surface area contributed by atoms with Gasteiger partial charge in [0.25, 0.3) is 0 Å². The molecule has 9 rings (SSSR count). The van der Waals surface area contributed by atoms with Crippen molar-refractivity contribution in [2.75, 3.05) is 0 Å². The zero-order chi connectivity index (χ0) is 28.7. The van der Waals surface area contributed by atoms with Crippen LogP contribution < -0.4 is 0 Å². The molecule has 43 heavy (non-hydrogen) atoms. The normalized spacial score (nSPS) is 12.9. The highest BCUT2D eigenvalue weighted by Crippen LogP contribution is 2.59. The number of hydrogen-bond donors (Lipinski definition) is 0. The monoisotopic (exact) mass is 548 g/mol. The van der Waals surface area contributed by atoms with Gasteiger partial charge in [-0.25, -0.2) is 0 Å². The van der Waals surface area contributed by atoms with E-state index in [-0.39, 0.29) is 0 Å². The fourth-order valence-corrected chi connectivity index (χ4v) is 7.23. The van der Waals surface area contributed by atoms with Gasteiger partial charge in [-0.3, -0.25) is 0 Å². The van der Waals surface area contributed by atoms with E-state index in [4.69, 9.17) is 0 Å². The summed E-state index contributed by atoms with van der Waals surface area (Å²) in [6, 6.07) is 45.6. The maximum atomic E-state index is 13.5. The van der Waals surface area contributed by atoms with Gasteiger partial charge in [-0.1, -0.05) is 133 Å². The second-order valence-corrected chi connectivity index (χ2v) is 11.1. The predicted octanol–water partition coefficient (Wildman–Crippen LogP) is 10.3. The van der Waals surface area contributed by atoms with Crippen molar-refractivity contribution in [2.45, 2.75) is 0 Å². The number of amides is 2. The molecule has 7 aromatic rings. The Morgan fingerprint density at radius 2 is 0.814 bits per heavy atom. The molecule has 1 aliphatic carbocycles. The molecular formula is C40H22NO2-. The predicted molar refractivity (Wildman–Crippen MR) is 174 cm³/mol. The lowest BCUT2D eigenvalue weighted by Crippen LogP contribution is -2.03. The fourth-order valence-electron chi connectivity index (χ4n) is 7.23. The molecule has 0 saturated carbocycles. The second-order valence-electron chi connectivity index (χ2n) is 11.1. The molecule has 3 nitrogen and oxygen atoms in total. The molecule has 0 N–H and O–H groups in total. The highest BCUT2D eigenvalue weighted by molar-refractivity contribution is 6.41. The van der Waals surface area contributed by atoms with Crippen molar-refractivity contribution in [1.82, 2.24) is 0 Å². The van der Waals surface area contributed by atoms with Crippen LogP contribution in [0.3, 0.4) is 0 Å². The molecule has 0 saturated heterocycles. The summed E-state index contributed by atoms with van der Waals surface area (Å²) in [7, 11) is 0. The first kappa shape index (κ1) is 23.9. The van der Waals surface area contributed by atoms with Crippen LogP contribution in [0.5, 0.6) is 0 Å². The number of nitrogens with zero attached hydrogens (tertiary/aromatic N) is 1. The Morgan fingerprint density at radius 1 is 0.349 bits per heavy atom. The van der Waals surface area contributed by atoms with E-state index in [1.807, 2.05) is 60.7 Å². The maximum absolute atomic E-state index is 13.5. The Balaban J connectivity index is 1.46. The van der Waals surface area contributed by atoms with Gasteiger partial charge in [0.15, 0.2) is 0 Å². The van der Waals surface area contributed by atoms with Crippen LogP contribution in [0.15, 0.2) is 133 Å². The number of rotatable bonds is 3. The molecule has 2 amide bonds. The van der Waals surface area contributed by atoms with Crippen LogP contribution in [-0.2, 0) is 0 Å². The van der Waals surface area contributed by atoms with Crippen LogP contribution in [0.1, 0.15) is 20.7 Å². The van der Waals surface area contributed by atoms with Gasteiger partial charge in [0.1, 0.15) is 0 Å². The Morgan fingerprint density at radius 3 is 1.49 bits per heavy atom. The Labute approximate surface area is 248 Å². The average molecular weight is 549 g/mol. The number of carbonyl (C=O) groups excluding carboxylic acids is 2. The van der Waals surface area contributed by atoms with Crippen molar-refractivity contribution in [3.8, 4) is 55.6 Å². The van der Waals surface area contributed by atoms with E-state index < -0.39 is 11.8 Å². The molecule has 0 fully saturated rings. The number of imide groups is 1. The van der Waals surface area contributed by atoms with Crippen LogP contribution in [0, 0.1) is 0 Å². The van der Waals surface area contributed by atoms with Crippen molar-refractivity contribution >= 4 is 33.4 Å². The molecule has 200 valence electrons. The number of carbonyl (C=O) groups is 2. The average Bonchev–Trinajstić information content (AvgIpc) is 3.55. The second kappa shape index (κ2) is 8.85. The maximum Gasteiger partial charge on any atom is 0.0889 e. The fraction of sp³-hybridized carbons (Fsp3) is 0. The molecular weight excluding hydrogens is 526 g/mol. The minimum atomic E-state index is -0.474. The zero-order valence-electron chi connectivity index (χ0n) is 23.0. The topological polar surface area (TPSA) is 48.2 Å². The van der Waals surface area contributed by atoms with E-state index in [0.29, 0.717) is 11.1 Å². The number of benzene rings is 7. The molecule has 0 aromatic heterocycles. The first-order valence-electron chi connectivity index (χ1n) is 14.4. The first-order chi connectivity index (χ1) is 21.2. The third-order valence-electron chi connectivity index (χ3n) is 8.91. The van der Waals surface area contributed by atoms with E-state index in [1.54, 1.807) is 0 Å². The SMILES string of the molecule is O=C1[N-]C(=O)c2c1c(-c1ccccc1)c1c(c2-c2ccccc2)-c2ccc(-c3cccc4ccccc34)c3cccc-1c23. The van der Waals surface area contributed by atoms with Crippen molar-refractivity contribution in [1.29, 1.82) is 0 Å². The van der Waals surface area contributed by atoms with Crippen molar-refractivity contribution in [3.63, 3.8) is 0 Å². The van der Waals surface area contributed by atoms with Crippen molar-refractivity contribution < 1.29 is 9.59 Å². The van der Waals surface area contributed by atoms with E-state index in [1.165, 1.54) is 16.3 Å². The van der Waals surface area contributed by atoms with Gasteiger partial charge in [-0.2, -0.15) is 0 Å². The summed E-state index contributed by atoms with van der Waals surface area (Å²) in [6.07, 6.45) is 0. The van der Waals surface area contributed by atoms with Crippen LogP contribution in [0.2, 0.25) is 0 Å². The molecule has 0 atom stereocenters. The first-order valence-corrected chi connectivity index (χ1v) is 14.4. The summed E-state index contributed by atoms with van der Waals surface area (Å²) in [5, 5.41) is 8.66. The molecule has 3 heteroatoms. The summed E-state index contributed by atoms with van der Waals surface area (Å²) < 4.78 is 0. The summed E-state index contributed by atoms with van der Waals surface area (Å²) >= 11 is 0. The van der Waals surface area contributed by atoms with E-state index in [0.717, 1.165) is 60.8 Å². The lowest BCUT2D eigenvalue weighted by molar-refractivity contribution is 0.0990. The summed E-state index contributed by atoms with van der Waals surface area (Å²) in [5.41, 5.74) is 10.6. The largest absolute Gasteiger partial charge is 0.587 e. The molecule has 1 heterocycles. The van der Waals surface area contributed by atoms with E-state index >= 15 is 0 Å². The van der Waals surface area contributed by atoms with Crippen LogP contribution >= 0.6 is 0 Å². The summed E-state index contributed by atoms with van der Waals surface area (Å²) in [4.78, 5) is 27.1. The Bertz CT molecular complexity index is 2240. The van der Waals surface area contributed by atoms with Gasteiger partial charge < -0.3 is 14.9 Å². The molecule has 0 radical (unpaired) electrons. The molecule has 1 aliphatic heterocycles. The highest BCUT2D eigenvalue weighted by atomic mass is 16.2. The molecule has 0 unspecified atom stereocenters. The summed E-state index contributed by atoms with van der Waals surface area (Å²) in [6.45, 7) is 0. The molecule has 7 aromatic carbocycles. The lowest BCUT2D eigenvalue weighted by Gasteiger charge is -2.21. The Kier molecular flexibility index (Phi) is 4.91. The van der Waals surface area contributed by atoms with Gasteiger partial charge in [0.2, 0.25) is 0 Å². The smallest absolute Gasteiger partial charge is 0.0889 e. The molecule has 0 bridgehead atoms. The van der Waals surface area contributed by atoms with Gasteiger partial charge in [0.05, 0.1) is 11.8 Å². The quantitative estimate of drug-likeness (QED) is 0.206. The highest BCUT2D eigenvalue weighted by Gasteiger charge is 2.36. The third kappa shape index (κ3) is 3.25. The van der Waals surface area contributed by atoms with Gasteiger partial charge in [-0.05, 0) is 66.1 Å². The number of fused-ring (bicyclic) bond motifs is 5. The van der Waals surface area contributed by atoms with E-state index in [9.17, 15) is 9.59 Å². The van der Waals surface area contributed by atoms with Crippen molar-refractivity contribution in [3.05, 3.63) is 150 Å². The van der Waals surface area contributed by atoms with Crippen LogP contribution in [-0.4, -0.2) is 11.8 Å². The minimum absolute atomic E-state index is 0.396. The van der Waals surface area contributed by atoms with Crippen LogP contribution in [0.4, 0.5) is 0 Å².